The van der Waals surface area contributed by atoms with Crippen molar-refractivity contribution in [3.8, 4) is 11.6 Å². The van der Waals surface area contributed by atoms with Gasteiger partial charge < -0.3 is 8.94 Å². The predicted molar refractivity (Wildman–Crippen MR) is 75.2 cm³/mol. The zero-order valence-corrected chi connectivity index (χ0v) is 12.9. The van der Waals surface area contributed by atoms with E-state index in [0.29, 0.717) is 28.6 Å². The number of halogens is 1. The molecule has 0 aliphatic heterocycles. The molecule has 3 rings (SSSR count). The summed E-state index contributed by atoms with van der Waals surface area (Å²) in [6, 6.07) is 3.58. The molecule has 0 spiro atoms. The maximum absolute atomic E-state index is 5.40. The van der Waals surface area contributed by atoms with Crippen LogP contribution < -0.4 is 0 Å². The van der Waals surface area contributed by atoms with Crippen LogP contribution in [0.2, 0.25) is 0 Å². The first-order valence-corrected chi connectivity index (χ1v) is 6.91. The largest absolute Gasteiger partial charge is 0.446 e. The van der Waals surface area contributed by atoms with Gasteiger partial charge >= 0.3 is 0 Å². The number of nitrogens with zero attached hydrogens (tertiary/aromatic N) is 4. The molecule has 0 saturated carbocycles. The normalized spacial score (nSPS) is 11.2. The van der Waals surface area contributed by atoms with E-state index in [1.165, 1.54) is 0 Å². The quantitative estimate of drug-likeness (QED) is 0.735. The standard InChI is InChI=1S/C13H13BrN4O2/c1-7-9(8(2)18(3)16-7)6-12-15-13(17-20-12)10-4-5-11(14)19-10/h4-5H,6H2,1-3H3. The monoisotopic (exact) mass is 336 g/mol. The summed E-state index contributed by atoms with van der Waals surface area (Å²) in [6.07, 6.45) is 0.570. The Kier molecular flexibility index (Phi) is 3.21. The third-order valence-electron chi connectivity index (χ3n) is 3.25. The summed E-state index contributed by atoms with van der Waals surface area (Å²) in [5, 5.41) is 8.31. The second-order valence-corrected chi connectivity index (χ2v) is 5.35. The number of aryl methyl sites for hydroxylation is 2. The van der Waals surface area contributed by atoms with Crippen molar-refractivity contribution in [1.82, 2.24) is 19.9 Å². The van der Waals surface area contributed by atoms with E-state index in [4.69, 9.17) is 8.94 Å². The Morgan fingerprint density at radius 3 is 2.70 bits per heavy atom. The van der Waals surface area contributed by atoms with E-state index in [2.05, 4.69) is 31.2 Å². The summed E-state index contributed by atoms with van der Waals surface area (Å²) in [5.74, 6) is 1.57. The SMILES string of the molecule is Cc1nn(C)c(C)c1Cc1nc(-c2ccc(Br)o2)no1. The van der Waals surface area contributed by atoms with Crippen LogP contribution in [0.5, 0.6) is 0 Å². The van der Waals surface area contributed by atoms with Crippen LogP contribution in [0.3, 0.4) is 0 Å². The van der Waals surface area contributed by atoms with Gasteiger partial charge in [-0.05, 0) is 41.9 Å². The van der Waals surface area contributed by atoms with Crippen molar-refractivity contribution in [2.75, 3.05) is 0 Å². The van der Waals surface area contributed by atoms with Crippen LogP contribution in [0.4, 0.5) is 0 Å². The molecule has 104 valence electrons. The first kappa shape index (κ1) is 13.1. The molecule has 0 fully saturated rings. The molecule has 0 unspecified atom stereocenters. The molecular formula is C13H13BrN4O2. The Morgan fingerprint density at radius 2 is 2.10 bits per heavy atom. The molecule has 20 heavy (non-hydrogen) atoms. The molecule has 0 bridgehead atoms. The van der Waals surface area contributed by atoms with Crippen LogP contribution in [0.25, 0.3) is 11.6 Å². The van der Waals surface area contributed by atoms with E-state index < -0.39 is 0 Å². The summed E-state index contributed by atoms with van der Waals surface area (Å²) in [5.41, 5.74) is 3.19. The Hall–Kier alpha value is -1.89. The molecule has 3 aromatic heterocycles. The van der Waals surface area contributed by atoms with E-state index in [0.717, 1.165) is 17.0 Å². The molecule has 3 heterocycles. The highest BCUT2D eigenvalue weighted by molar-refractivity contribution is 9.10. The van der Waals surface area contributed by atoms with Gasteiger partial charge in [0.2, 0.25) is 11.7 Å². The fourth-order valence-electron chi connectivity index (χ4n) is 2.09. The Morgan fingerprint density at radius 1 is 1.30 bits per heavy atom. The minimum atomic E-state index is 0.449. The second kappa shape index (κ2) is 4.90. The summed E-state index contributed by atoms with van der Waals surface area (Å²) in [4.78, 5) is 4.35. The molecule has 0 aliphatic rings. The average molecular weight is 337 g/mol. The average Bonchev–Trinajstić information content (AvgIpc) is 3.07. The molecular weight excluding hydrogens is 324 g/mol. The topological polar surface area (TPSA) is 69.9 Å². The van der Waals surface area contributed by atoms with Gasteiger partial charge in [-0.3, -0.25) is 4.68 Å². The highest BCUT2D eigenvalue weighted by Crippen LogP contribution is 2.23. The van der Waals surface area contributed by atoms with Crippen LogP contribution in [0, 0.1) is 13.8 Å². The van der Waals surface area contributed by atoms with Gasteiger partial charge in [0.05, 0.1) is 12.1 Å². The van der Waals surface area contributed by atoms with Crippen LogP contribution in [-0.2, 0) is 13.5 Å². The molecule has 0 radical (unpaired) electrons. The van der Waals surface area contributed by atoms with Crippen LogP contribution in [0.15, 0.2) is 25.7 Å². The number of aromatic nitrogens is 4. The molecule has 7 heteroatoms. The van der Waals surface area contributed by atoms with E-state index in [1.54, 1.807) is 12.1 Å². The lowest BCUT2D eigenvalue weighted by Gasteiger charge is -1.97. The summed E-state index contributed by atoms with van der Waals surface area (Å²) < 4.78 is 13.2. The lowest BCUT2D eigenvalue weighted by atomic mass is 10.1. The van der Waals surface area contributed by atoms with Gasteiger partial charge in [-0.25, -0.2) is 0 Å². The van der Waals surface area contributed by atoms with Gasteiger partial charge in [0.25, 0.3) is 0 Å². The molecule has 0 N–H and O–H groups in total. The van der Waals surface area contributed by atoms with E-state index in [9.17, 15) is 0 Å². The van der Waals surface area contributed by atoms with E-state index >= 15 is 0 Å². The first-order valence-electron chi connectivity index (χ1n) is 6.12. The summed E-state index contributed by atoms with van der Waals surface area (Å²) in [6.45, 7) is 4.00. The number of rotatable bonds is 3. The lowest BCUT2D eigenvalue weighted by Crippen LogP contribution is -1.95. The minimum absolute atomic E-state index is 0.449. The van der Waals surface area contributed by atoms with Crippen LogP contribution in [-0.4, -0.2) is 19.9 Å². The zero-order valence-electron chi connectivity index (χ0n) is 11.3. The third kappa shape index (κ3) is 2.29. The van der Waals surface area contributed by atoms with E-state index in [-0.39, 0.29) is 0 Å². The molecule has 0 saturated heterocycles. The highest BCUT2D eigenvalue weighted by atomic mass is 79.9. The predicted octanol–water partition coefficient (Wildman–Crippen LogP) is 3.03. The molecule has 0 atom stereocenters. The van der Waals surface area contributed by atoms with Gasteiger partial charge in [-0.1, -0.05) is 5.16 Å². The highest BCUT2D eigenvalue weighted by Gasteiger charge is 2.16. The zero-order chi connectivity index (χ0) is 14.3. The third-order valence-corrected chi connectivity index (χ3v) is 3.67. The lowest BCUT2D eigenvalue weighted by molar-refractivity contribution is 0.384. The van der Waals surface area contributed by atoms with Gasteiger partial charge in [-0.2, -0.15) is 10.1 Å². The number of furan rings is 1. The van der Waals surface area contributed by atoms with Gasteiger partial charge in [-0.15, -0.1) is 0 Å². The number of hydrogen-bond acceptors (Lipinski definition) is 5. The maximum Gasteiger partial charge on any atom is 0.238 e. The molecule has 6 nitrogen and oxygen atoms in total. The fraction of sp³-hybridized carbons (Fsp3) is 0.308. The van der Waals surface area contributed by atoms with Crippen molar-refractivity contribution in [3.05, 3.63) is 39.6 Å². The number of hydrogen-bond donors (Lipinski definition) is 0. The Balaban J connectivity index is 1.87. The Labute approximate surface area is 123 Å². The van der Waals surface area contributed by atoms with E-state index in [1.807, 2.05) is 25.6 Å². The Bertz CT molecular complexity index is 756. The van der Waals surface area contributed by atoms with Gasteiger partial charge in [0, 0.05) is 18.3 Å². The van der Waals surface area contributed by atoms with Crippen molar-refractivity contribution < 1.29 is 8.94 Å². The summed E-state index contributed by atoms with van der Waals surface area (Å²) in [7, 11) is 1.92. The molecule has 0 amide bonds. The maximum atomic E-state index is 5.40. The van der Waals surface area contributed by atoms with Gasteiger partial charge in [0.15, 0.2) is 10.4 Å². The molecule has 0 aliphatic carbocycles. The fourth-order valence-corrected chi connectivity index (χ4v) is 2.39. The minimum Gasteiger partial charge on any atom is -0.446 e. The van der Waals surface area contributed by atoms with Crippen molar-refractivity contribution in [1.29, 1.82) is 0 Å². The van der Waals surface area contributed by atoms with Crippen molar-refractivity contribution in [3.63, 3.8) is 0 Å². The summed E-state index contributed by atoms with van der Waals surface area (Å²) >= 11 is 3.25. The van der Waals surface area contributed by atoms with Crippen molar-refractivity contribution in [2.24, 2.45) is 7.05 Å². The van der Waals surface area contributed by atoms with Crippen LogP contribution in [0.1, 0.15) is 22.8 Å². The molecule has 3 aromatic rings. The second-order valence-electron chi connectivity index (χ2n) is 4.57. The van der Waals surface area contributed by atoms with Crippen molar-refractivity contribution in [2.45, 2.75) is 20.3 Å². The van der Waals surface area contributed by atoms with Crippen LogP contribution >= 0.6 is 15.9 Å². The van der Waals surface area contributed by atoms with Crippen molar-refractivity contribution >= 4 is 15.9 Å². The first-order chi connectivity index (χ1) is 9.54. The smallest absolute Gasteiger partial charge is 0.238 e. The van der Waals surface area contributed by atoms with Gasteiger partial charge in [0.1, 0.15) is 0 Å². The molecule has 0 aromatic carbocycles.